The lowest BCUT2D eigenvalue weighted by Crippen LogP contribution is -2.42. The Labute approximate surface area is 189 Å². The first kappa shape index (κ1) is 22.2. The number of phenolic OH excluding ortho intramolecular Hbond substituents is 1. The van der Waals surface area contributed by atoms with Gasteiger partial charge in [-0.15, -0.1) is 5.53 Å². The first-order valence-electron chi connectivity index (χ1n) is 11.1. The summed E-state index contributed by atoms with van der Waals surface area (Å²) < 4.78 is 0. The number of likely N-dealkylation sites (tertiary alicyclic amines) is 1. The Bertz CT molecular complexity index is 1030. The molecule has 1 saturated heterocycles. The summed E-state index contributed by atoms with van der Waals surface area (Å²) in [5.41, 5.74) is 10.3. The monoisotopic (exact) mass is 433 g/mol. The quantitative estimate of drug-likeness (QED) is 0.555. The van der Waals surface area contributed by atoms with Gasteiger partial charge in [-0.2, -0.15) is 5.26 Å². The second-order valence-corrected chi connectivity index (χ2v) is 9.37. The van der Waals surface area contributed by atoms with Gasteiger partial charge in [-0.25, -0.2) is 0 Å². The fourth-order valence-corrected chi connectivity index (χ4v) is 4.37. The van der Waals surface area contributed by atoms with Gasteiger partial charge < -0.3 is 15.6 Å². The Balaban J connectivity index is 1.44. The van der Waals surface area contributed by atoms with Crippen molar-refractivity contribution in [3.63, 3.8) is 0 Å². The number of phenols is 1. The highest BCUT2D eigenvalue weighted by atomic mass is 16.3. The molecule has 0 bridgehead atoms. The van der Waals surface area contributed by atoms with Crippen LogP contribution in [0.4, 0.5) is 5.69 Å². The highest BCUT2D eigenvalue weighted by molar-refractivity contribution is 5.71. The minimum atomic E-state index is -0.0843. The molecule has 4 N–H and O–H groups in total. The fourth-order valence-electron chi connectivity index (χ4n) is 4.37. The Morgan fingerprint density at radius 2 is 1.97 bits per heavy atom. The molecule has 2 aliphatic rings. The van der Waals surface area contributed by atoms with E-state index in [4.69, 9.17) is 5.26 Å². The van der Waals surface area contributed by atoms with E-state index in [2.05, 4.69) is 35.8 Å². The van der Waals surface area contributed by atoms with Gasteiger partial charge >= 0.3 is 0 Å². The van der Waals surface area contributed by atoms with Crippen molar-refractivity contribution in [1.82, 2.24) is 15.9 Å². The number of hydrogen-bond acceptors (Lipinski definition) is 7. The molecule has 32 heavy (non-hydrogen) atoms. The van der Waals surface area contributed by atoms with Crippen LogP contribution in [0.25, 0.3) is 5.70 Å². The molecule has 0 amide bonds. The number of aliphatic hydroxyl groups is 1. The van der Waals surface area contributed by atoms with Gasteiger partial charge in [0.15, 0.2) is 0 Å². The zero-order valence-electron chi connectivity index (χ0n) is 18.7. The van der Waals surface area contributed by atoms with Gasteiger partial charge in [-0.1, -0.05) is 26.0 Å². The lowest BCUT2D eigenvalue weighted by Gasteiger charge is -2.40. The fraction of sp³-hybridized carbons (Fsp3) is 0.400. The molecule has 2 aromatic carbocycles. The maximum atomic E-state index is 10.7. The Morgan fingerprint density at radius 3 is 2.66 bits per heavy atom. The van der Waals surface area contributed by atoms with Crippen molar-refractivity contribution in [2.24, 2.45) is 11.3 Å². The maximum Gasteiger partial charge on any atom is 0.120 e. The first-order chi connectivity index (χ1) is 15.4. The van der Waals surface area contributed by atoms with Crippen LogP contribution >= 0.6 is 0 Å². The first-order valence-corrected chi connectivity index (χ1v) is 11.1. The average molecular weight is 434 g/mol. The smallest absolute Gasteiger partial charge is 0.120 e. The Kier molecular flexibility index (Phi) is 6.38. The van der Waals surface area contributed by atoms with Crippen LogP contribution in [-0.4, -0.2) is 34.8 Å². The molecule has 4 rings (SSSR count). The molecule has 7 nitrogen and oxygen atoms in total. The van der Waals surface area contributed by atoms with Gasteiger partial charge in [0.2, 0.25) is 0 Å². The predicted octanol–water partition coefficient (Wildman–Crippen LogP) is 3.32. The van der Waals surface area contributed by atoms with Gasteiger partial charge in [0.05, 0.1) is 23.0 Å². The Morgan fingerprint density at radius 1 is 1.19 bits per heavy atom. The van der Waals surface area contributed by atoms with Gasteiger partial charge in [-0.3, -0.25) is 9.91 Å². The van der Waals surface area contributed by atoms with E-state index < -0.39 is 0 Å². The van der Waals surface area contributed by atoms with Crippen molar-refractivity contribution in [3.05, 3.63) is 65.4 Å². The molecule has 2 aliphatic heterocycles. The van der Waals surface area contributed by atoms with Gasteiger partial charge in [-0.05, 0) is 61.1 Å². The molecule has 0 aromatic heterocycles. The molecular formula is C25H31N5O2. The number of aliphatic hydroxyl groups excluding tert-OH is 1. The molecule has 7 heteroatoms. The third kappa shape index (κ3) is 4.73. The minimum Gasteiger partial charge on any atom is -0.508 e. The minimum absolute atomic E-state index is 0.0843. The highest BCUT2D eigenvalue weighted by Gasteiger charge is 2.32. The number of nitrogens with one attached hydrogen (secondary N) is 2. The second kappa shape index (κ2) is 9.21. The van der Waals surface area contributed by atoms with Crippen LogP contribution in [0, 0.1) is 22.7 Å². The molecule has 2 aromatic rings. The number of rotatable bonds is 6. The normalized spacial score (nSPS) is 19.4. The van der Waals surface area contributed by atoms with Crippen LogP contribution in [0.1, 0.15) is 43.4 Å². The van der Waals surface area contributed by atoms with Crippen molar-refractivity contribution in [1.29, 1.82) is 5.26 Å². The van der Waals surface area contributed by atoms with Crippen LogP contribution in [-0.2, 0) is 6.54 Å². The third-order valence-corrected chi connectivity index (χ3v) is 6.65. The number of nitriles is 1. The van der Waals surface area contributed by atoms with Gasteiger partial charge in [0.1, 0.15) is 5.75 Å². The van der Waals surface area contributed by atoms with E-state index >= 15 is 0 Å². The van der Waals surface area contributed by atoms with E-state index in [1.807, 2.05) is 35.5 Å². The second-order valence-electron chi connectivity index (χ2n) is 9.37. The highest BCUT2D eigenvalue weighted by Crippen LogP contribution is 2.34. The van der Waals surface area contributed by atoms with Gasteiger partial charge in [0.25, 0.3) is 0 Å². The largest absolute Gasteiger partial charge is 0.508 e. The molecule has 0 radical (unpaired) electrons. The number of aromatic hydroxyl groups is 1. The maximum absolute atomic E-state index is 10.7. The number of anilines is 1. The van der Waals surface area contributed by atoms with Crippen molar-refractivity contribution < 1.29 is 10.2 Å². The molecule has 0 saturated carbocycles. The summed E-state index contributed by atoms with van der Waals surface area (Å²) in [6.45, 7) is 7.10. The van der Waals surface area contributed by atoms with Crippen LogP contribution in [0.15, 0.2) is 48.7 Å². The van der Waals surface area contributed by atoms with Crippen LogP contribution in [0.5, 0.6) is 5.75 Å². The van der Waals surface area contributed by atoms with E-state index in [-0.39, 0.29) is 17.8 Å². The number of benzene rings is 2. The molecule has 0 spiro atoms. The van der Waals surface area contributed by atoms with E-state index in [1.165, 1.54) is 0 Å². The van der Waals surface area contributed by atoms with Crippen LogP contribution in [0.2, 0.25) is 0 Å². The molecular weight excluding hydrogens is 402 g/mol. The molecule has 168 valence electrons. The summed E-state index contributed by atoms with van der Waals surface area (Å²) in [5.74, 6) is 0.736. The topological polar surface area (TPSA) is 94.8 Å². The van der Waals surface area contributed by atoms with Crippen LogP contribution < -0.4 is 16.0 Å². The lowest BCUT2D eigenvalue weighted by molar-refractivity contribution is 0.0380. The summed E-state index contributed by atoms with van der Waals surface area (Å²) in [6.07, 6.45) is 4.17. The SMILES string of the molecule is CC(C)(CO)[C@H]1CCCN(Cc2ccc(C3=CN(c4ccc(C#N)cc4)NN3)cc2O)C1. The van der Waals surface area contributed by atoms with E-state index in [0.29, 0.717) is 18.0 Å². The van der Waals surface area contributed by atoms with Crippen LogP contribution in [0.3, 0.4) is 0 Å². The number of piperidine rings is 1. The van der Waals surface area contributed by atoms with Crippen molar-refractivity contribution in [3.8, 4) is 11.8 Å². The third-order valence-electron chi connectivity index (χ3n) is 6.65. The summed E-state index contributed by atoms with van der Waals surface area (Å²) in [4.78, 5) is 2.38. The summed E-state index contributed by atoms with van der Waals surface area (Å²) >= 11 is 0. The Hall–Kier alpha value is -3.05. The molecule has 0 aliphatic carbocycles. The number of nitrogens with zero attached hydrogens (tertiary/aromatic N) is 3. The van der Waals surface area contributed by atoms with Crippen molar-refractivity contribution in [2.45, 2.75) is 33.2 Å². The van der Waals surface area contributed by atoms with Crippen molar-refractivity contribution >= 4 is 11.4 Å². The standard InChI is InChI=1S/C25H31N5O2/c1-25(2,17-31)21-4-3-11-29(15-21)14-20-8-7-19(12-24(20)32)23-16-30(28-27-23)22-9-5-18(13-26)6-10-22/h5-10,12,16,21,27-28,31-32H,3-4,11,14-15,17H2,1-2H3/t21-/m0/s1. The summed E-state index contributed by atoms with van der Waals surface area (Å²) in [6, 6.07) is 15.2. The van der Waals surface area contributed by atoms with E-state index in [1.54, 1.807) is 18.2 Å². The molecule has 1 atom stereocenters. The molecule has 1 fully saturated rings. The number of hydrazine groups is 2. The average Bonchev–Trinajstić information content (AvgIpc) is 3.31. The molecule has 0 unspecified atom stereocenters. The van der Waals surface area contributed by atoms with Crippen molar-refractivity contribution in [2.75, 3.05) is 24.7 Å². The zero-order valence-corrected chi connectivity index (χ0v) is 18.7. The predicted molar refractivity (Wildman–Crippen MR) is 125 cm³/mol. The van der Waals surface area contributed by atoms with E-state index in [9.17, 15) is 10.2 Å². The lowest BCUT2D eigenvalue weighted by atomic mass is 9.75. The summed E-state index contributed by atoms with van der Waals surface area (Å²) in [7, 11) is 0. The van der Waals surface area contributed by atoms with E-state index in [0.717, 1.165) is 48.4 Å². The summed E-state index contributed by atoms with van der Waals surface area (Å²) in [5, 5.41) is 31.2. The number of hydrogen-bond donors (Lipinski definition) is 4. The van der Waals surface area contributed by atoms with Gasteiger partial charge in [0, 0.05) is 37.0 Å². The zero-order chi connectivity index (χ0) is 22.7. The molecule has 2 heterocycles.